The van der Waals surface area contributed by atoms with Crippen LogP contribution < -0.4 is 10.1 Å². The van der Waals surface area contributed by atoms with Gasteiger partial charge in [0.15, 0.2) is 0 Å². The largest absolute Gasteiger partial charge is 0.479 e. The van der Waals surface area contributed by atoms with Crippen LogP contribution in [0.25, 0.3) is 6.08 Å². The van der Waals surface area contributed by atoms with Crippen molar-refractivity contribution in [1.82, 2.24) is 0 Å². The number of carbonyl (C=O) groups is 1. The lowest BCUT2D eigenvalue weighted by molar-refractivity contribution is -0.112. The first-order valence-corrected chi connectivity index (χ1v) is 8.25. The van der Waals surface area contributed by atoms with E-state index in [2.05, 4.69) is 27.2 Å². The van der Waals surface area contributed by atoms with Gasteiger partial charge in [-0.1, -0.05) is 39.5 Å². The zero-order chi connectivity index (χ0) is 18.2. The minimum absolute atomic E-state index is 0.0451. The lowest BCUT2D eigenvalue weighted by atomic mass is 10.1. The van der Waals surface area contributed by atoms with Gasteiger partial charge >= 0.3 is 0 Å². The van der Waals surface area contributed by atoms with Crippen LogP contribution in [0.3, 0.4) is 0 Å². The number of hydrogen-bond acceptors (Lipinski definition) is 3. The van der Waals surface area contributed by atoms with Crippen molar-refractivity contribution in [1.29, 1.82) is 5.26 Å². The molecule has 0 saturated heterocycles. The fourth-order valence-electron chi connectivity index (χ4n) is 1.89. The van der Waals surface area contributed by atoms with Crippen molar-refractivity contribution in [3.05, 3.63) is 63.1 Å². The number of nitrogens with one attached hydrogen (secondary N) is 1. The molecule has 0 bridgehead atoms. The van der Waals surface area contributed by atoms with Crippen molar-refractivity contribution in [3.8, 4) is 24.2 Å². The first kappa shape index (κ1) is 18.6. The lowest BCUT2D eigenvalue weighted by Gasteiger charge is -2.06. The molecule has 6 heteroatoms. The number of amides is 1. The Kier molecular flexibility index (Phi) is 6.65. The summed E-state index contributed by atoms with van der Waals surface area (Å²) in [5.74, 6) is 2.28. The van der Waals surface area contributed by atoms with Crippen molar-refractivity contribution in [2.24, 2.45) is 0 Å². The van der Waals surface area contributed by atoms with Gasteiger partial charge in [0.2, 0.25) is 0 Å². The van der Waals surface area contributed by atoms with E-state index < -0.39 is 5.91 Å². The van der Waals surface area contributed by atoms with Crippen molar-refractivity contribution in [2.45, 2.75) is 0 Å². The number of rotatable bonds is 5. The zero-order valence-electron chi connectivity index (χ0n) is 12.9. The molecule has 2 aromatic rings. The summed E-state index contributed by atoms with van der Waals surface area (Å²) >= 11 is 9.42. The predicted molar refractivity (Wildman–Crippen MR) is 102 cm³/mol. The topological polar surface area (TPSA) is 62.1 Å². The number of carbonyl (C=O) groups excluding carboxylic acids is 1. The molecule has 0 radical (unpaired) electrons. The van der Waals surface area contributed by atoms with Gasteiger partial charge in [-0.3, -0.25) is 4.79 Å². The Morgan fingerprint density at radius 1 is 1.32 bits per heavy atom. The minimum Gasteiger partial charge on any atom is -0.479 e. The Labute approximate surface area is 159 Å². The molecule has 124 valence electrons. The molecule has 2 rings (SSSR count). The number of nitrogens with zero attached hydrogens (tertiary/aromatic N) is 1. The van der Waals surface area contributed by atoms with Gasteiger partial charge in [-0.05, 0) is 48.0 Å². The van der Waals surface area contributed by atoms with Crippen LogP contribution in [0.4, 0.5) is 5.69 Å². The quantitative estimate of drug-likeness (QED) is 0.439. The molecule has 0 aliphatic carbocycles. The van der Waals surface area contributed by atoms with Crippen molar-refractivity contribution in [2.75, 3.05) is 11.9 Å². The molecule has 2 aromatic carbocycles. The first-order chi connectivity index (χ1) is 12.0. The molecule has 0 unspecified atom stereocenters. The van der Waals surface area contributed by atoms with E-state index in [-0.39, 0.29) is 12.2 Å². The summed E-state index contributed by atoms with van der Waals surface area (Å²) in [6.45, 7) is 0.105. The summed E-state index contributed by atoms with van der Waals surface area (Å²) in [5, 5.41) is 12.3. The Bertz CT molecular complexity index is 893. The van der Waals surface area contributed by atoms with Gasteiger partial charge in [0.25, 0.3) is 5.91 Å². The minimum atomic E-state index is -0.506. The Morgan fingerprint density at radius 2 is 2.04 bits per heavy atom. The van der Waals surface area contributed by atoms with Crippen molar-refractivity contribution in [3.63, 3.8) is 0 Å². The molecule has 0 heterocycles. The van der Waals surface area contributed by atoms with E-state index in [4.69, 9.17) is 22.8 Å². The second kappa shape index (κ2) is 8.94. The zero-order valence-corrected chi connectivity index (χ0v) is 15.3. The summed E-state index contributed by atoms with van der Waals surface area (Å²) in [4.78, 5) is 12.2. The summed E-state index contributed by atoms with van der Waals surface area (Å²) in [6, 6.07) is 13.8. The van der Waals surface area contributed by atoms with E-state index in [0.29, 0.717) is 22.0 Å². The molecule has 1 amide bonds. The smallest absolute Gasteiger partial charge is 0.266 e. The summed E-state index contributed by atoms with van der Waals surface area (Å²) in [6.07, 6.45) is 6.58. The van der Waals surface area contributed by atoms with E-state index >= 15 is 0 Å². The highest BCUT2D eigenvalue weighted by Gasteiger charge is 2.10. The van der Waals surface area contributed by atoms with Gasteiger partial charge in [-0.2, -0.15) is 5.26 Å². The third-order valence-electron chi connectivity index (χ3n) is 3.05. The average molecular weight is 416 g/mol. The number of hydrogen-bond donors (Lipinski definition) is 1. The maximum absolute atomic E-state index is 12.2. The highest BCUT2D eigenvalue weighted by molar-refractivity contribution is 9.10. The predicted octanol–water partition coefficient (Wildman–Crippen LogP) is 4.66. The highest BCUT2D eigenvalue weighted by atomic mass is 79.9. The third kappa shape index (κ3) is 5.39. The molecular formula is C19H12BrClN2O2. The lowest BCUT2D eigenvalue weighted by Crippen LogP contribution is -2.13. The van der Waals surface area contributed by atoms with Crippen LogP contribution >= 0.6 is 27.5 Å². The van der Waals surface area contributed by atoms with Crippen LogP contribution in [0.15, 0.2) is 52.5 Å². The van der Waals surface area contributed by atoms with Crippen LogP contribution in [0.1, 0.15) is 5.56 Å². The Hall–Kier alpha value is -2.73. The maximum Gasteiger partial charge on any atom is 0.266 e. The fourth-order valence-corrected chi connectivity index (χ4v) is 2.40. The summed E-state index contributed by atoms with van der Waals surface area (Å²) < 4.78 is 6.16. The Morgan fingerprint density at radius 3 is 2.64 bits per heavy atom. The van der Waals surface area contributed by atoms with Crippen LogP contribution in [-0.4, -0.2) is 12.5 Å². The van der Waals surface area contributed by atoms with E-state index in [1.807, 2.05) is 6.07 Å². The summed E-state index contributed by atoms with van der Waals surface area (Å²) in [5.41, 5.74) is 1.14. The maximum atomic E-state index is 12.2. The normalized spacial score (nSPS) is 10.5. The second-order valence-electron chi connectivity index (χ2n) is 4.81. The van der Waals surface area contributed by atoms with Crippen LogP contribution in [0, 0.1) is 23.7 Å². The molecule has 0 saturated carbocycles. The number of halogens is 2. The van der Waals surface area contributed by atoms with Crippen molar-refractivity contribution < 1.29 is 9.53 Å². The first-order valence-electron chi connectivity index (χ1n) is 7.08. The highest BCUT2D eigenvalue weighted by Crippen LogP contribution is 2.26. The third-order valence-corrected chi connectivity index (χ3v) is 3.87. The molecule has 4 nitrogen and oxygen atoms in total. The van der Waals surface area contributed by atoms with Crippen molar-refractivity contribution >= 4 is 45.2 Å². The van der Waals surface area contributed by atoms with Gasteiger partial charge in [0.05, 0.1) is 5.02 Å². The second-order valence-corrected chi connectivity index (χ2v) is 6.14. The Balaban J connectivity index is 2.17. The number of nitriles is 1. The van der Waals surface area contributed by atoms with Gasteiger partial charge in [0, 0.05) is 10.2 Å². The van der Waals surface area contributed by atoms with Gasteiger partial charge in [0.1, 0.15) is 24.0 Å². The number of benzene rings is 2. The van der Waals surface area contributed by atoms with E-state index in [9.17, 15) is 10.1 Å². The molecule has 0 spiro atoms. The van der Waals surface area contributed by atoms with Crippen LogP contribution in [0.5, 0.6) is 5.75 Å². The van der Waals surface area contributed by atoms with E-state index in [1.165, 1.54) is 6.08 Å². The van der Waals surface area contributed by atoms with Crippen LogP contribution in [-0.2, 0) is 4.79 Å². The summed E-state index contributed by atoms with van der Waals surface area (Å²) in [7, 11) is 0. The van der Waals surface area contributed by atoms with E-state index in [1.54, 1.807) is 42.5 Å². The standard InChI is InChI=1S/C19H12BrClN2O2/c1-2-9-25-18-8-3-13(11-17(18)21)10-14(12-22)19(24)23-16-6-4-15(20)5-7-16/h1,3-8,10-11H,9H2,(H,23,24)/b14-10+. The molecule has 0 fully saturated rings. The molecule has 0 atom stereocenters. The van der Waals surface area contributed by atoms with Gasteiger partial charge < -0.3 is 10.1 Å². The molecule has 0 aliphatic heterocycles. The number of anilines is 1. The van der Waals surface area contributed by atoms with E-state index in [0.717, 1.165) is 4.47 Å². The van der Waals surface area contributed by atoms with Gasteiger partial charge in [-0.15, -0.1) is 6.42 Å². The molecule has 1 N–H and O–H groups in total. The molecule has 0 aromatic heterocycles. The fraction of sp³-hybridized carbons (Fsp3) is 0.0526. The number of terminal acetylenes is 1. The number of ether oxygens (including phenoxy) is 1. The molecular weight excluding hydrogens is 404 g/mol. The SMILES string of the molecule is C#CCOc1ccc(/C=C(\C#N)C(=O)Nc2ccc(Br)cc2)cc1Cl. The average Bonchev–Trinajstić information content (AvgIpc) is 2.60. The molecule has 25 heavy (non-hydrogen) atoms. The monoisotopic (exact) mass is 414 g/mol. The van der Waals surface area contributed by atoms with Gasteiger partial charge in [-0.25, -0.2) is 0 Å². The van der Waals surface area contributed by atoms with Crippen LogP contribution in [0.2, 0.25) is 5.02 Å². The molecule has 0 aliphatic rings.